The fourth-order valence-electron chi connectivity index (χ4n) is 2.37. The summed E-state index contributed by atoms with van der Waals surface area (Å²) in [5.41, 5.74) is 1.63. The summed E-state index contributed by atoms with van der Waals surface area (Å²) in [7, 11) is 0. The molecule has 12 heavy (non-hydrogen) atoms. The summed E-state index contributed by atoms with van der Waals surface area (Å²) in [4.78, 5) is 0. The average Bonchev–Trinajstić information content (AvgIpc) is 2.26. The molecule has 1 aliphatic heterocycles. The van der Waals surface area contributed by atoms with Gasteiger partial charge < -0.3 is 4.74 Å². The van der Waals surface area contributed by atoms with Gasteiger partial charge in [0.1, 0.15) is 0 Å². The van der Waals surface area contributed by atoms with Gasteiger partial charge in [0.2, 0.25) is 0 Å². The van der Waals surface area contributed by atoms with Gasteiger partial charge in [0, 0.05) is 0 Å². The summed E-state index contributed by atoms with van der Waals surface area (Å²) in [6.45, 7) is 6.62. The van der Waals surface area contributed by atoms with Gasteiger partial charge in [-0.1, -0.05) is 11.6 Å². The van der Waals surface area contributed by atoms with Crippen molar-refractivity contribution in [3.63, 3.8) is 0 Å². The second-order valence-electron chi connectivity index (χ2n) is 4.86. The van der Waals surface area contributed by atoms with Gasteiger partial charge in [0.25, 0.3) is 0 Å². The first-order valence-electron chi connectivity index (χ1n) is 4.92. The van der Waals surface area contributed by atoms with E-state index in [0.717, 1.165) is 5.92 Å². The Morgan fingerprint density at radius 1 is 1.50 bits per heavy atom. The molecule has 2 rings (SSSR count). The van der Waals surface area contributed by atoms with E-state index in [2.05, 4.69) is 26.8 Å². The molecule has 1 heterocycles. The molecule has 0 aromatic heterocycles. The van der Waals surface area contributed by atoms with E-state index in [1.807, 2.05) is 0 Å². The van der Waals surface area contributed by atoms with Crippen LogP contribution < -0.4 is 0 Å². The van der Waals surface area contributed by atoms with Crippen LogP contribution in [0.5, 0.6) is 0 Å². The van der Waals surface area contributed by atoms with Crippen LogP contribution in [0.4, 0.5) is 0 Å². The number of rotatable bonds is 0. The summed E-state index contributed by atoms with van der Waals surface area (Å²) in [5.74, 6) is 0.790. The quantitative estimate of drug-likeness (QED) is 0.503. The Morgan fingerprint density at radius 2 is 2.25 bits per heavy atom. The highest BCUT2D eigenvalue weighted by molar-refractivity contribution is 5.14. The predicted molar refractivity (Wildman–Crippen MR) is 50.1 cm³/mol. The molecule has 1 saturated heterocycles. The molecule has 0 spiro atoms. The van der Waals surface area contributed by atoms with Gasteiger partial charge >= 0.3 is 0 Å². The molecule has 0 amide bonds. The summed E-state index contributed by atoms with van der Waals surface area (Å²) >= 11 is 0. The van der Waals surface area contributed by atoms with E-state index in [1.165, 1.54) is 24.8 Å². The van der Waals surface area contributed by atoms with Crippen molar-refractivity contribution in [1.82, 2.24) is 0 Å². The molecule has 0 bridgehead atoms. The van der Waals surface area contributed by atoms with E-state index in [-0.39, 0.29) is 5.60 Å². The highest BCUT2D eigenvalue weighted by Crippen LogP contribution is 2.39. The lowest BCUT2D eigenvalue weighted by atomic mass is 9.87. The maximum absolute atomic E-state index is 5.99. The Morgan fingerprint density at radius 3 is 3.00 bits per heavy atom. The standard InChI is InChI=1S/C11H18O/c1-8-6-9-4-5-11(2,3)12-10(9)7-8/h7,9-10H,4-6H2,1-3H3. The lowest BCUT2D eigenvalue weighted by Gasteiger charge is -2.37. The van der Waals surface area contributed by atoms with Crippen LogP contribution in [0.2, 0.25) is 0 Å². The lowest BCUT2D eigenvalue weighted by molar-refractivity contribution is -0.108. The molecule has 1 heteroatoms. The van der Waals surface area contributed by atoms with Gasteiger partial charge in [-0.2, -0.15) is 0 Å². The van der Waals surface area contributed by atoms with Crippen molar-refractivity contribution in [3.8, 4) is 0 Å². The maximum atomic E-state index is 5.99. The topological polar surface area (TPSA) is 9.23 Å². The van der Waals surface area contributed by atoms with Crippen LogP contribution in [0.3, 0.4) is 0 Å². The normalized spacial score (nSPS) is 39.1. The van der Waals surface area contributed by atoms with Gasteiger partial charge in [-0.25, -0.2) is 0 Å². The molecule has 68 valence electrons. The zero-order chi connectivity index (χ0) is 8.77. The van der Waals surface area contributed by atoms with Gasteiger partial charge in [-0.15, -0.1) is 0 Å². The second-order valence-corrected chi connectivity index (χ2v) is 4.86. The molecule has 2 atom stereocenters. The first-order chi connectivity index (χ1) is 5.57. The molecule has 0 aromatic carbocycles. The predicted octanol–water partition coefficient (Wildman–Crippen LogP) is 2.91. The fraction of sp³-hybridized carbons (Fsp3) is 0.818. The number of hydrogen-bond donors (Lipinski definition) is 0. The van der Waals surface area contributed by atoms with Crippen LogP contribution in [-0.2, 0) is 4.74 Å². The van der Waals surface area contributed by atoms with E-state index in [0.29, 0.717) is 6.10 Å². The van der Waals surface area contributed by atoms with Crippen molar-refractivity contribution in [3.05, 3.63) is 11.6 Å². The van der Waals surface area contributed by atoms with Crippen molar-refractivity contribution in [2.45, 2.75) is 51.7 Å². The molecule has 2 aliphatic rings. The summed E-state index contributed by atoms with van der Waals surface area (Å²) < 4.78 is 5.99. The van der Waals surface area contributed by atoms with Crippen LogP contribution in [0.1, 0.15) is 40.0 Å². The summed E-state index contributed by atoms with van der Waals surface area (Å²) in [5, 5.41) is 0. The molecule has 0 aromatic rings. The van der Waals surface area contributed by atoms with Crippen molar-refractivity contribution in [2.24, 2.45) is 5.92 Å². The molecular formula is C11H18O. The Bertz CT molecular complexity index is 215. The molecule has 1 nitrogen and oxygen atoms in total. The van der Waals surface area contributed by atoms with Crippen molar-refractivity contribution in [2.75, 3.05) is 0 Å². The first-order valence-corrected chi connectivity index (χ1v) is 4.92. The third-order valence-corrected chi connectivity index (χ3v) is 3.07. The van der Waals surface area contributed by atoms with E-state index in [9.17, 15) is 0 Å². The van der Waals surface area contributed by atoms with E-state index >= 15 is 0 Å². The Labute approximate surface area is 74.8 Å². The summed E-state index contributed by atoms with van der Waals surface area (Å²) in [6.07, 6.45) is 6.56. The molecule has 0 radical (unpaired) electrons. The van der Waals surface area contributed by atoms with Gasteiger partial charge in [-0.3, -0.25) is 0 Å². The fourth-order valence-corrected chi connectivity index (χ4v) is 2.37. The number of fused-ring (bicyclic) bond motifs is 1. The zero-order valence-corrected chi connectivity index (χ0v) is 8.26. The van der Waals surface area contributed by atoms with E-state index in [1.54, 1.807) is 0 Å². The van der Waals surface area contributed by atoms with Crippen LogP contribution >= 0.6 is 0 Å². The minimum Gasteiger partial charge on any atom is -0.368 e. The second kappa shape index (κ2) is 2.59. The van der Waals surface area contributed by atoms with E-state index in [4.69, 9.17) is 4.74 Å². The minimum atomic E-state index is 0.113. The lowest BCUT2D eigenvalue weighted by Crippen LogP contribution is -2.38. The van der Waals surface area contributed by atoms with Crippen LogP contribution in [0, 0.1) is 5.92 Å². The largest absolute Gasteiger partial charge is 0.368 e. The Kier molecular flexibility index (Phi) is 1.80. The van der Waals surface area contributed by atoms with Crippen LogP contribution in [-0.4, -0.2) is 11.7 Å². The van der Waals surface area contributed by atoms with Crippen LogP contribution in [0.15, 0.2) is 11.6 Å². The van der Waals surface area contributed by atoms with Gasteiger partial charge in [0.15, 0.2) is 0 Å². The molecule has 1 aliphatic carbocycles. The minimum absolute atomic E-state index is 0.113. The molecule has 1 fully saturated rings. The molecule has 2 unspecified atom stereocenters. The maximum Gasteiger partial charge on any atom is 0.0796 e. The highest BCUT2D eigenvalue weighted by Gasteiger charge is 2.37. The van der Waals surface area contributed by atoms with Crippen LogP contribution in [0.25, 0.3) is 0 Å². The van der Waals surface area contributed by atoms with Gasteiger partial charge in [-0.05, 0) is 46.0 Å². The first kappa shape index (κ1) is 8.31. The molecule has 0 N–H and O–H groups in total. The van der Waals surface area contributed by atoms with Crippen molar-refractivity contribution < 1.29 is 4.74 Å². The van der Waals surface area contributed by atoms with Crippen molar-refractivity contribution in [1.29, 1.82) is 0 Å². The summed E-state index contributed by atoms with van der Waals surface area (Å²) in [6, 6.07) is 0. The third-order valence-electron chi connectivity index (χ3n) is 3.07. The van der Waals surface area contributed by atoms with Gasteiger partial charge in [0.05, 0.1) is 11.7 Å². The number of ether oxygens (including phenoxy) is 1. The zero-order valence-electron chi connectivity index (χ0n) is 8.26. The monoisotopic (exact) mass is 166 g/mol. The van der Waals surface area contributed by atoms with E-state index < -0.39 is 0 Å². The highest BCUT2D eigenvalue weighted by atomic mass is 16.5. The molecular weight excluding hydrogens is 148 g/mol. The molecule has 0 saturated carbocycles. The number of allylic oxidation sites excluding steroid dienone is 1. The number of hydrogen-bond acceptors (Lipinski definition) is 1. The van der Waals surface area contributed by atoms with Crippen molar-refractivity contribution >= 4 is 0 Å². The smallest absolute Gasteiger partial charge is 0.0796 e. The Hall–Kier alpha value is -0.300. The SMILES string of the molecule is CC1=CC2OC(C)(C)CCC2C1. The Balaban J connectivity index is 2.09. The third kappa shape index (κ3) is 1.42. The average molecular weight is 166 g/mol.